The number of nitrogens with zero attached hydrogens (tertiary/aromatic N) is 2. The van der Waals surface area contributed by atoms with E-state index in [-0.39, 0.29) is 5.91 Å². The number of carbonyl (C=O) groups is 1. The maximum absolute atomic E-state index is 13.3. The molecule has 1 amide bonds. The Morgan fingerprint density at radius 2 is 2.00 bits per heavy atom. The number of hydrogen-bond donors (Lipinski definition) is 1. The van der Waals surface area contributed by atoms with Crippen molar-refractivity contribution in [3.63, 3.8) is 0 Å². The third kappa shape index (κ3) is 3.82. The number of amides is 1. The van der Waals surface area contributed by atoms with Crippen LogP contribution in [0.4, 0.5) is 0 Å². The minimum Gasteiger partial charge on any atom is -0.381 e. The average molecular weight is 422 g/mol. The first-order valence-electron chi connectivity index (χ1n) is 10.8. The average Bonchev–Trinajstić information content (AvgIpc) is 3.32. The van der Waals surface area contributed by atoms with E-state index in [1.807, 2.05) is 18.2 Å². The van der Waals surface area contributed by atoms with E-state index in [0.717, 1.165) is 24.1 Å². The molecule has 3 aromatic rings. The van der Waals surface area contributed by atoms with Gasteiger partial charge in [0.15, 0.2) is 0 Å². The molecule has 0 atom stereocenters. The Morgan fingerprint density at radius 1 is 1.20 bits per heavy atom. The van der Waals surface area contributed by atoms with Gasteiger partial charge in [-0.25, -0.2) is 0 Å². The molecule has 2 aliphatic rings. The molecule has 3 heterocycles. The van der Waals surface area contributed by atoms with Crippen molar-refractivity contribution in [2.24, 2.45) is 0 Å². The zero-order valence-corrected chi connectivity index (χ0v) is 17.9. The summed E-state index contributed by atoms with van der Waals surface area (Å²) in [5, 5.41) is 12.3. The van der Waals surface area contributed by atoms with E-state index in [2.05, 4.69) is 45.0 Å². The molecule has 5 rings (SSSR count). The molecule has 0 bridgehead atoms. The van der Waals surface area contributed by atoms with Crippen LogP contribution in [0.1, 0.15) is 42.9 Å². The Morgan fingerprint density at radius 3 is 2.70 bits per heavy atom. The molecular formula is C24H27N3O2S. The number of carbonyl (C=O) groups excluding carboxylic acids is 1. The Labute approximate surface area is 181 Å². The molecule has 1 aliphatic heterocycles. The minimum atomic E-state index is -0.495. The normalized spacial score (nSPS) is 18.3. The summed E-state index contributed by atoms with van der Waals surface area (Å²) in [6.07, 6.45) is 3.91. The number of aromatic nitrogens is 2. The largest absolute Gasteiger partial charge is 0.381 e. The van der Waals surface area contributed by atoms with Gasteiger partial charge in [0.2, 0.25) is 5.91 Å². The van der Waals surface area contributed by atoms with E-state index in [0.29, 0.717) is 32.2 Å². The SMILES string of the molecule is O=C(NCCn1nc(-c2ccsc2)cc1C1CC1)C1(c2ccccc2)CCOCC1. The number of ether oxygens (including phenoxy) is 1. The van der Waals surface area contributed by atoms with Crippen LogP contribution in [0.15, 0.2) is 53.2 Å². The van der Waals surface area contributed by atoms with Gasteiger partial charge in [0.05, 0.1) is 17.7 Å². The second-order valence-corrected chi connectivity index (χ2v) is 9.06. The van der Waals surface area contributed by atoms with Gasteiger partial charge in [0.25, 0.3) is 0 Å². The van der Waals surface area contributed by atoms with Gasteiger partial charge in [-0.15, -0.1) is 0 Å². The van der Waals surface area contributed by atoms with E-state index in [4.69, 9.17) is 9.84 Å². The summed E-state index contributed by atoms with van der Waals surface area (Å²) in [7, 11) is 0. The molecule has 2 fully saturated rings. The second kappa shape index (κ2) is 8.36. The summed E-state index contributed by atoms with van der Waals surface area (Å²) in [6.45, 7) is 2.52. The maximum Gasteiger partial charge on any atom is 0.230 e. The van der Waals surface area contributed by atoms with Crippen molar-refractivity contribution >= 4 is 17.2 Å². The molecule has 30 heavy (non-hydrogen) atoms. The van der Waals surface area contributed by atoms with E-state index < -0.39 is 5.41 Å². The van der Waals surface area contributed by atoms with Gasteiger partial charge in [0.1, 0.15) is 0 Å². The third-order valence-electron chi connectivity index (χ3n) is 6.34. The summed E-state index contributed by atoms with van der Waals surface area (Å²) < 4.78 is 7.67. The number of thiophene rings is 1. The molecule has 0 radical (unpaired) electrons. The Kier molecular flexibility index (Phi) is 5.44. The van der Waals surface area contributed by atoms with Gasteiger partial charge in [-0.1, -0.05) is 30.3 Å². The van der Waals surface area contributed by atoms with Crippen molar-refractivity contribution in [3.8, 4) is 11.3 Å². The molecule has 1 aromatic carbocycles. The van der Waals surface area contributed by atoms with Crippen LogP contribution in [0.5, 0.6) is 0 Å². The van der Waals surface area contributed by atoms with E-state index >= 15 is 0 Å². The fourth-order valence-electron chi connectivity index (χ4n) is 4.44. The molecule has 0 spiro atoms. The van der Waals surface area contributed by atoms with Crippen molar-refractivity contribution in [2.45, 2.75) is 43.6 Å². The first-order chi connectivity index (χ1) is 14.8. The molecule has 1 saturated heterocycles. The number of rotatable bonds is 7. The lowest BCUT2D eigenvalue weighted by molar-refractivity contribution is -0.130. The Hall–Kier alpha value is -2.44. The smallest absolute Gasteiger partial charge is 0.230 e. The molecular weight excluding hydrogens is 394 g/mol. The minimum absolute atomic E-state index is 0.107. The zero-order valence-electron chi connectivity index (χ0n) is 17.0. The standard InChI is InChI=1S/C24H27N3O2S/c28-23(24(9-13-29-14-10-24)20-4-2-1-3-5-20)25-11-12-27-22(18-6-7-18)16-21(26-27)19-8-15-30-17-19/h1-5,8,15-18H,6-7,9-14H2,(H,25,28). The Bertz CT molecular complexity index is 987. The van der Waals surface area contributed by atoms with Gasteiger partial charge >= 0.3 is 0 Å². The molecule has 0 unspecified atom stereocenters. The highest BCUT2D eigenvalue weighted by molar-refractivity contribution is 7.08. The monoisotopic (exact) mass is 421 g/mol. The fraction of sp³-hybridized carbons (Fsp3) is 0.417. The maximum atomic E-state index is 13.3. The quantitative estimate of drug-likeness (QED) is 0.617. The van der Waals surface area contributed by atoms with E-state index in [9.17, 15) is 4.79 Å². The van der Waals surface area contributed by atoms with Crippen LogP contribution in [0, 0.1) is 0 Å². The van der Waals surface area contributed by atoms with Crippen LogP contribution >= 0.6 is 11.3 Å². The molecule has 5 nitrogen and oxygen atoms in total. The van der Waals surface area contributed by atoms with Crippen molar-refractivity contribution in [1.29, 1.82) is 0 Å². The first kappa shape index (κ1) is 19.5. The number of hydrogen-bond acceptors (Lipinski definition) is 4. The molecule has 2 aromatic heterocycles. The molecule has 1 aliphatic carbocycles. The summed E-state index contributed by atoms with van der Waals surface area (Å²) in [5.74, 6) is 0.724. The summed E-state index contributed by atoms with van der Waals surface area (Å²) in [5.41, 5.74) is 4.10. The number of benzene rings is 1. The highest BCUT2D eigenvalue weighted by Crippen LogP contribution is 2.41. The van der Waals surface area contributed by atoms with Crippen LogP contribution < -0.4 is 5.32 Å². The van der Waals surface area contributed by atoms with Crippen LogP contribution in [-0.2, 0) is 21.5 Å². The predicted molar refractivity (Wildman–Crippen MR) is 119 cm³/mol. The van der Waals surface area contributed by atoms with Gasteiger partial charge in [-0.2, -0.15) is 16.4 Å². The van der Waals surface area contributed by atoms with E-state index in [1.54, 1.807) is 11.3 Å². The summed E-state index contributed by atoms with van der Waals surface area (Å²) >= 11 is 1.69. The summed E-state index contributed by atoms with van der Waals surface area (Å²) in [4.78, 5) is 13.3. The van der Waals surface area contributed by atoms with Gasteiger partial charge < -0.3 is 10.1 Å². The second-order valence-electron chi connectivity index (χ2n) is 8.28. The molecule has 1 N–H and O–H groups in total. The van der Waals surface area contributed by atoms with Crippen molar-refractivity contribution in [3.05, 3.63) is 64.5 Å². The van der Waals surface area contributed by atoms with Crippen molar-refractivity contribution in [1.82, 2.24) is 15.1 Å². The zero-order chi connectivity index (χ0) is 20.4. The van der Waals surface area contributed by atoms with E-state index in [1.165, 1.54) is 24.1 Å². The van der Waals surface area contributed by atoms with Crippen LogP contribution in [0.25, 0.3) is 11.3 Å². The fourth-order valence-corrected chi connectivity index (χ4v) is 5.09. The van der Waals surface area contributed by atoms with Gasteiger partial charge in [-0.05, 0) is 48.8 Å². The highest BCUT2D eigenvalue weighted by Gasteiger charge is 2.41. The lowest BCUT2D eigenvalue weighted by atomic mass is 9.73. The van der Waals surface area contributed by atoms with Crippen LogP contribution in [0.2, 0.25) is 0 Å². The van der Waals surface area contributed by atoms with Crippen molar-refractivity contribution < 1.29 is 9.53 Å². The highest BCUT2D eigenvalue weighted by atomic mass is 32.1. The lowest BCUT2D eigenvalue weighted by Gasteiger charge is -2.36. The van der Waals surface area contributed by atoms with Crippen molar-refractivity contribution in [2.75, 3.05) is 19.8 Å². The predicted octanol–water partition coefficient (Wildman–Crippen LogP) is 4.35. The first-order valence-corrected chi connectivity index (χ1v) is 11.7. The molecule has 156 valence electrons. The van der Waals surface area contributed by atoms with Gasteiger partial charge in [-0.3, -0.25) is 9.48 Å². The Balaban J connectivity index is 1.30. The van der Waals surface area contributed by atoms with Crippen LogP contribution in [0.3, 0.4) is 0 Å². The summed E-state index contributed by atoms with van der Waals surface area (Å²) in [6, 6.07) is 14.5. The topological polar surface area (TPSA) is 56.2 Å². The molecule has 6 heteroatoms. The number of nitrogens with one attached hydrogen (secondary N) is 1. The third-order valence-corrected chi connectivity index (χ3v) is 7.02. The lowest BCUT2D eigenvalue weighted by Crippen LogP contribution is -2.48. The van der Waals surface area contributed by atoms with Gasteiger partial charge in [0, 0.05) is 42.3 Å². The van der Waals surface area contributed by atoms with Crippen LogP contribution in [-0.4, -0.2) is 35.4 Å². The molecule has 1 saturated carbocycles.